The molecule has 7 heteroatoms. The van der Waals surface area contributed by atoms with Crippen LogP contribution in [0.1, 0.15) is 17.4 Å². The van der Waals surface area contributed by atoms with Gasteiger partial charge in [0.05, 0.1) is 5.52 Å². The number of benzene rings is 1. The van der Waals surface area contributed by atoms with Gasteiger partial charge >= 0.3 is 0 Å². The van der Waals surface area contributed by atoms with Gasteiger partial charge in [0.2, 0.25) is 0 Å². The summed E-state index contributed by atoms with van der Waals surface area (Å²) in [6.45, 7) is 2.13. The normalized spacial score (nSPS) is 13.4. The van der Waals surface area contributed by atoms with Crippen LogP contribution in [0.15, 0.2) is 29.4 Å². The van der Waals surface area contributed by atoms with Crippen molar-refractivity contribution in [3.8, 4) is 0 Å². The van der Waals surface area contributed by atoms with Crippen molar-refractivity contribution in [2.45, 2.75) is 6.92 Å². The van der Waals surface area contributed by atoms with Crippen LogP contribution in [-0.4, -0.2) is 45.2 Å². The number of aryl methyl sites for hydroxylation is 1. The molecular weight excluding hydrogens is 270 g/mol. The average molecular weight is 289 g/mol. The molecule has 0 bridgehead atoms. The lowest BCUT2D eigenvalue weighted by molar-refractivity contribution is 0.0781. The third-order valence-corrected chi connectivity index (χ3v) is 3.48. The third kappa shape index (κ3) is 2.81. The van der Waals surface area contributed by atoms with Gasteiger partial charge in [-0.25, -0.2) is 0 Å². The Bertz CT molecular complexity index is 692. The summed E-state index contributed by atoms with van der Waals surface area (Å²) >= 11 is 0. The van der Waals surface area contributed by atoms with Crippen molar-refractivity contribution in [2.75, 3.05) is 13.6 Å². The van der Waals surface area contributed by atoms with E-state index in [-0.39, 0.29) is 17.7 Å². The van der Waals surface area contributed by atoms with Gasteiger partial charge in [0.25, 0.3) is 5.91 Å². The average Bonchev–Trinajstić information content (AvgIpc) is 2.83. The van der Waals surface area contributed by atoms with Gasteiger partial charge in [0, 0.05) is 31.9 Å². The summed E-state index contributed by atoms with van der Waals surface area (Å²) in [5, 5.41) is 16.7. The molecular formula is C14H19N5O2. The highest BCUT2D eigenvalue weighted by Gasteiger charge is 2.21. The molecule has 0 radical (unpaired) electrons. The molecule has 0 aliphatic heterocycles. The summed E-state index contributed by atoms with van der Waals surface area (Å²) in [4.78, 5) is 14.1. The predicted molar refractivity (Wildman–Crippen MR) is 80.2 cm³/mol. The number of fused-ring (bicyclic) bond motifs is 1. The van der Waals surface area contributed by atoms with Crippen LogP contribution in [0.2, 0.25) is 0 Å². The monoisotopic (exact) mass is 289 g/mol. The fourth-order valence-electron chi connectivity index (χ4n) is 2.24. The van der Waals surface area contributed by atoms with E-state index in [1.807, 2.05) is 24.3 Å². The molecule has 0 fully saturated rings. The second-order valence-corrected chi connectivity index (χ2v) is 5.10. The summed E-state index contributed by atoms with van der Waals surface area (Å²) in [7, 11) is 3.48. The summed E-state index contributed by atoms with van der Waals surface area (Å²) in [6, 6.07) is 7.57. The van der Waals surface area contributed by atoms with Crippen LogP contribution >= 0.6 is 0 Å². The van der Waals surface area contributed by atoms with Crippen molar-refractivity contribution >= 4 is 22.6 Å². The summed E-state index contributed by atoms with van der Waals surface area (Å²) in [5.74, 6) is -0.330. The van der Waals surface area contributed by atoms with Crippen molar-refractivity contribution in [1.29, 1.82) is 0 Å². The van der Waals surface area contributed by atoms with Crippen LogP contribution in [-0.2, 0) is 7.05 Å². The standard InChI is InChI=1S/C14H19N5O2/c1-9(13(15)17-21)8-18(2)14(20)12-10-6-4-5-7-11(10)19(3)16-12/h4-7,9,21H,8H2,1-3H3,(H2,15,17). The molecule has 1 aromatic heterocycles. The van der Waals surface area contributed by atoms with Gasteiger partial charge in [0.1, 0.15) is 5.84 Å². The highest BCUT2D eigenvalue weighted by Crippen LogP contribution is 2.18. The second kappa shape index (κ2) is 5.82. The zero-order valence-corrected chi connectivity index (χ0v) is 12.3. The van der Waals surface area contributed by atoms with Crippen molar-refractivity contribution in [3.63, 3.8) is 0 Å². The van der Waals surface area contributed by atoms with E-state index < -0.39 is 0 Å². The SMILES string of the molecule is CC(CN(C)C(=O)c1nn(C)c2ccccc12)/C(N)=N/O. The molecule has 1 heterocycles. The van der Waals surface area contributed by atoms with Crippen molar-refractivity contribution in [3.05, 3.63) is 30.0 Å². The highest BCUT2D eigenvalue weighted by atomic mass is 16.4. The number of hydrogen-bond acceptors (Lipinski definition) is 4. The van der Waals surface area contributed by atoms with Gasteiger partial charge in [-0.2, -0.15) is 5.10 Å². The van der Waals surface area contributed by atoms with Crippen LogP contribution in [0, 0.1) is 5.92 Å². The van der Waals surface area contributed by atoms with E-state index in [1.54, 1.807) is 25.7 Å². The van der Waals surface area contributed by atoms with Gasteiger partial charge in [0.15, 0.2) is 5.69 Å². The van der Waals surface area contributed by atoms with E-state index in [0.29, 0.717) is 12.2 Å². The molecule has 0 spiro atoms. The lowest BCUT2D eigenvalue weighted by Gasteiger charge is -2.20. The molecule has 2 aromatic rings. The van der Waals surface area contributed by atoms with Crippen LogP contribution in [0.25, 0.3) is 10.9 Å². The van der Waals surface area contributed by atoms with Gasteiger partial charge in [-0.05, 0) is 6.07 Å². The Labute approximate surface area is 122 Å². The maximum absolute atomic E-state index is 12.5. The maximum Gasteiger partial charge on any atom is 0.274 e. The molecule has 21 heavy (non-hydrogen) atoms. The first-order valence-electron chi connectivity index (χ1n) is 6.60. The Hall–Kier alpha value is -2.57. The van der Waals surface area contributed by atoms with Gasteiger partial charge in [-0.15, -0.1) is 0 Å². The third-order valence-electron chi connectivity index (χ3n) is 3.48. The van der Waals surface area contributed by atoms with Crippen LogP contribution in [0.3, 0.4) is 0 Å². The number of carbonyl (C=O) groups excluding carboxylic acids is 1. The van der Waals surface area contributed by atoms with Crippen molar-refractivity contribution in [1.82, 2.24) is 14.7 Å². The van der Waals surface area contributed by atoms with E-state index in [1.165, 1.54) is 4.90 Å². The smallest absolute Gasteiger partial charge is 0.274 e. The number of amidine groups is 1. The number of rotatable bonds is 4. The summed E-state index contributed by atoms with van der Waals surface area (Å²) in [5.41, 5.74) is 6.85. The number of hydrogen-bond donors (Lipinski definition) is 2. The summed E-state index contributed by atoms with van der Waals surface area (Å²) in [6.07, 6.45) is 0. The first-order valence-corrected chi connectivity index (χ1v) is 6.60. The molecule has 1 unspecified atom stereocenters. The Morgan fingerprint density at radius 3 is 2.86 bits per heavy atom. The minimum atomic E-state index is -0.237. The summed E-state index contributed by atoms with van der Waals surface area (Å²) < 4.78 is 1.68. The topological polar surface area (TPSA) is 96.7 Å². The number of nitrogens with two attached hydrogens (primary N) is 1. The minimum absolute atomic E-state index is 0.0977. The molecule has 0 saturated carbocycles. The van der Waals surface area contributed by atoms with Crippen molar-refractivity contribution in [2.24, 2.45) is 23.9 Å². The molecule has 1 aromatic carbocycles. The molecule has 2 rings (SSSR count). The molecule has 112 valence electrons. The fraction of sp³-hybridized carbons (Fsp3) is 0.357. The molecule has 1 amide bonds. The molecule has 0 saturated heterocycles. The van der Waals surface area contributed by atoms with E-state index in [4.69, 9.17) is 10.9 Å². The Balaban J connectivity index is 2.26. The van der Waals surface area contributed by atoms with E-state index in [2.05, 4.69) is 10.3 Å². The van der Waals surface area contributed by atoms with Gasteiger partial charge < -0.3 is 15.8 Å². The first kappa shape index (κ1) is 14.8. The van der Waals surface area contributed by atoms with E-state index in [9.17, 15) is 4.79 Å². The molecule has 0 aliphatic carbocycles. The lowest BCUT2D eigenvalue weighted by atomic mass is 10.1. The maximum atomic E-state index is 12.5. The second-order valence-electron chi connectivity index (χ2n) is 5.10. The number of nitrogens with zero attached hydrogens (tertiary/aromatic N) is 4. The predicted octanol–water partition coefficient (Wildman–Crippen LogP) is 1.03. The Kier molecular flexibility index (Phi) is 4.11. The van der Waals surface area contributed by atoms with Gasteiger partial charge in [-0.1, -0.05) is 30.3 Å². The molecule has 0 aliphatic rings. The molecule has 7 nitrogen and oxygen atoms in total. The number of para-hydroxylation sites is 1. The zero-order chi connectivity index (χ0) is 15.6. The van der Waals surface area contributed by atoms with E-state index in [0.717, 1.165) is 10.9 Å². The molecule has 3 N–H and O–H groups in total. The number of carbonyl (C=O) groups is 1. The number of amides is 1. The molecule has 1 atom stereocenters. The first-order chi connectivity index (χ1) is 9.95. The minimum Gasteiger partial charge on any atom is -0.409 e. The van der Waals surface area contributed by atoms with E-state index >= 15 is 0 Å². The quantitative estimate of drug-likeness (QED) is 0.380. The Morgan fingerprint density at radius 1 is 1.52 bits per heavy atom. The lowest BCUT2D eigenvalue weighted by Crippen LogP contribution is -2.36. The number of oxime groups is 1. The fourth-order valence-corrected chi connectivity index (χ4v) is 2.24. The van der Waals surface area contributed by atoms with Crippen LogP contribution < -0.4 is 5.73 Å². The Morgan fingerprint density at radius 2 is 2.19 bits per heavy atom. The van der Waals surface area contributed by atoms with Crippen LogP contribution in [0.5, 0.6) is 0 Å². The number of aromatic nitrogens is 2. The van der Waals surface area contributed by atoms with Crippen LogP contribution in [0.4, 0.5) is 0 Å². The van der Waals surface area contributed by atoms with Gasteiger partial charge in [-0.3, -0.25) is 9.48 Å². The van der Waals surface area contributed by atoms with Crippen molar-refractivity contribution < 1.29 is 10.0 Å². The largest absolute Gasteiger partial charge is 0.409 e. The highest BCUT2D eigenvalue weighted by molar-refractivity contribution is 6.04. The zero-order valence-electron chi connectivity index (χ0n) is 12.3.